The lowest BCUT2D eigenvalue weighted by Gasteiger charge is -2.18. The van der Waals surface area contributed by atoms with E-state index in [1.54, 1.807) is 6.07 Å². The Labute approximate surface area is 220 Å². The SMILES string of the molecule is C/C=C\C.C=C(C)/C(C)=C/CC=C(C)C.CC(N)=NCCN1CCCCCC1.O=Cc1cccs1. The second-order valence-electron chi connectivity index (χ2n) is 8.76. The molecule has 2 rings (SSSR count). The molecule has 1 aromatic rings. The van der Waals surface area contributed by atoms with Crippen molar-refractivity contribution in [2.24, 2.45) is 10.7 Å². The quantitative estimate of drug-likeness (QED) is 0.134. The van der Waals surface area contributed by atoms with Gasteiger partial charge in [-0.3, -0.25) is 9.79 Å². The van der Waals surface area contributed by atoms with Crippen molar-refractivity contribution in [1.29, 1.82) is 0 Å². The number of carbonyl (C=O) groups is 1. The molecule has 4 nitrogen and oxygen atoms in total. The summed E-state index contributed by atoms with van der Waals surface area (Å²) in [5.74, 6) is 0.704. The van der Waals surface area contributed by atoms with Crippen LogP contribution < -0.4 is 5.73 Å². The zero-order chi connectivity index (χ0) is 26.9. The molecule has 2 heterocycles. The Bertz CT molecular complexity index is 754. The van der Waals surface area contributed by atoms with Gasteiger partial charge in [0.25, 0.3) is 0 Å². The molecule has 2 N–H and O–H groups in total. The third-order valence-electron chi connectivity index (χ3n) is 5.09. The summed E-state index contributed by atoms with van der Waals surface area (Å²) in [6.07, 6.45) is 15.8. The van der Waals surface area contributed by atoms with Crippen molar-refractivity contribution in [3.63, 3.8) is 0 Å². The van der Waals surface area contributed by atoms with E-state index in [1.165, 1.54) is 61.3 Å². The van der Waals surface area contributed by atoms with Gasteiger partial charge in [-0.25, -0.2) is 0 Å². The molecule has 5 heteroatoms. The van der Waals surface area contributed by atoms with Gasteiger partial charge in [0.05, 0.1) is 17.3 Å². The number of aliphatic imine (C=N–C) groups is 1. The van der Waals surface area contributed by atoms with E-state index in [0.717, 1.165) is 36.2 Å². The van der Waals surface area contributed by atoms with E-state index < -0.39 is 0 Å². The third-order valence-corrected chi connectivity index (χ3v) is 5.89. The first-order valence-electron chi connectivity index (χ1n) is 12.7. The number of nitrogens with zero attached hydrogens (tertiary/aromatic N) is 2. The fourth-order valence-corrected chi connectivity index (χ4v) is 3.26. The average molecular weight is 502 g/mol. The summed E-state index contributed by atoms with van der Waals surface area (Å²) in [4.78, 5) is 17.4. The number of likely N-dealkylation sites (tertiary alicyclic amines) is 1. The summed E-state index contributed by atoms with van der Waals surface area (Å²) in [6, 6.07) is 3.64. The Morgan fingerprint density at radius 2 is 1.66 bits per heavy atom. The van der Waals surface area contributed by atoms with Crippen molar-refractivity contribution in [3.8, 4) is 0 Å². The smallest absolute Gasteiger partial charge is 0.159 e. The number of hydrogen-bond donors (Lipinski definition) is 1. The minimum atomic E-state index is 0.704. The van der Waals surface area contributed by atoms with Crippen LogP contribution in [0.3, 0.4) is 0 Å². The molecule has 198 valence electrons. The molecular weight excluding hydrogens is 450 g/mol. The van der Waals surface area contributed by atoms with E-state index in [1.807, 2.05) is 51.3 Å². The molecule has 0 saturated carbocycles. The lowest BCUT2D eigenvalue weighted by molar-refractivity contribution is 0.112. The first-order valence-corrected chi connectivity index (χ1v) is 13.6. The van der Waals surface area contributed by atoms with Gasteiger partial charge in [-0.2, -0.15) is 0 Å². The number of amidine groups is 1. The predicted molar refractivity (Wildman–Crippen MR) is 160 cm³/mol. The minimum absolute atomic E-state index is 0.704. The van der Waals surface area contributed by atoms with Gasteiger partial charge in [-0.1, -0.05) is 66.5 Å². The molecular formula is C30H51N3OS. The molecule has 1 fully saturated rings. The molecule has 0 atom stereocenters. The molecule has 0 aliphatic carbocycles. The molecule has 35 heavy (non-hydrogen) atoms. The minimum Gasteiger partial charge on any atom is -0.388 e. The van der Waals surface area contributed by atoms with Gasteiger partial charge < -0.3 is 10.6 Å². The van der Waals surface area contributed by atoms with Crippen LogP contribution >= 0.6 is 11.3 Å². The Kier molecular flexibility index (Phi) is 24.8. The van der Waals surface area contributed by atoms with Crippen molar-refractivity contribution in [1.82, 2.24) is 4.90 Å². The maximum Gasteiger partial charge on any atom is 0.159 e. The molecule has 1 aliphatic heterocycles. The van der Waals surface area contributed by atoms with Crippen LogP contribution in [0.25, 0.3) is 0 Å². The fourth-order valence-electron chi connectivity index (χ4n) is 2.73. The van der Waals surface area contributed by atoms with Gasteiger partial charge in [-0.15, -0.1) is 11.3 Å². The first kappa shape index (κ1) is 34.9. The van der Waals surface area contributed by atoms with Crippen LogP contribution in [-0.2, 0) is 0 Å². The van der Waals surface area contributed by atoms with Crippen LogP contribution in [0, 0.1) is 0 Å². The molecule has 1 saturated heterocycles. The van der Waals surface area contributed by atoms with Crippen molar-refractivity contribution in [3.05, 3.63) is 70.0 Å². The summed E-state index contributed by atoms with van der Waals surface area (Å²) in [5, 5.41) is 1.88. The number of hydrogen-bond acceptors (Lipinski definition) is 4. The van der Waals surface area contributed by atoms with Crippen molar-refractivity contribution >= 4 is 23.5 Å². The Hall–Kier alpha value is -2.24. The molecule has 0 radical (unpaired) electrons. The van der Waals surface area contributed by atoms with Crippen LogP contribution in [-0.4, -0.2) is 43.2 Å². The predicted octanol–water partition coefficient (Wildman–Crippen LogP) is 8.25. The molecule has 0 aromatic carbocycles. The highest BCUT2D eigenvalue weighted by atomic mass is 32.1. The molecule has 0 amide bonds. The normalized spacial score (nSPS) is 14.3. The van der Waals surface area contributed by atoms with E-state index in [0.29, 0.717) is 5.84 Å². The van der Waals surface area contributed by atoms with Gasteiger partial charge in [0, 0.05) is 6.54 Å². The summed E-state index contributed by atoms with van der Waals surface area (Å²) < 4.78 is 0. The van der Waals surface area contributed by atoms with E-state index in [2.05, 4.69) is 49.4 Å². The van der Waals surface area contributed by atoms with Crippen molar-refractivity contribution in [2.45, 2.75) is 80.6 Å². The van der Waals surface area contributed by atoms with Crippen LogP contribution in [0.5, 0.6) is 0 Å². The maximum absolute atomic E-state index is 9.88. The lowest BCUT2D eigenvalue weighted by Crippen LogP contribution is -2.27. The Morgan fingerprint density at radius 3 is 2.03 bits per heavy atom. The van der Waals surface area contributed by atoms with Gasteiger partial charge in [0.1, 0.15) is 0 Å². The van der Waals surface area contributed by atoms with E-state index >= 15 is 0 Å². The Morgan fingerprint density at radius 1 is 1.06 bits per heavy atom. The third kappa shape index (κ3) is 26.2. The summed E-state index contributed by atoms with van der Waals surface area (Å²) in [7, 11) is 0. The monoisotopic (exact) mass is 501 g/mol. The van der Waals surface area contributed by atoms with E-state index in [-0.39, 0.29) is 0 Å². The number of rotatable bonds is 7. The topological polar surface area (TPSA) is 58.7 Å². The summed E-state index contributed by atoms with van der Waals surface area (Å²) in [5.41, 5.74) is 9.29. The summed E-state index contributed by atoms with van der Waals surface area (Å²) >= 11 is 1.45. The van der Waals surface area contributed by atoms with Crippen LogP contribution in [0.15, 0.2) is 70.1 Å². The van der Waals surface area contributed by atoms with Gasteiger partial charge >= 0.3 is 0 Å². The molecule has 1 aliphatic rings. The number of aldehydes is 1. The Balaban J connectivity index is 0. The van der Waals surface area contributed by atoms with Crippen molar-refractivity contribution in [2.75, 3.05) is 26.2 Å². The number of carbonyl (C=O) groups excluding carboxylic acids is 1. The second kappa shape index (κ2) is 24.9. The molecule has 0 spiro atoms. The van der Waals surface area contributed by atoms with Gasteiger partial charge in [0.15, 0.2) is 6.29 Å². The largest absolute Gasteiger partial charge is 0.388 e. The van der Waals surface area contributed by atoms with Crippen molar-refractivity contribution < 1.29 is 4.79 Å². The standard InChI is InChI=1S/C11H18.C10H21N3.C5H4OS.C4H8/c1-9(2)7-6-8-11(5)10(3)4;1-10(11)12-6-9-13-7-4-2-3-5-8-13;6-4-5-2-1-3-7-5;1-3-4-2/h7-8H,3,6H2,1-2,4-5H3;2-9H2,1H3,(H2,11,12);1-4H;3-4H,1-2H3/b11-8+;;;4-3-. The fraction of sp³-hybridized carbons (Fsp3) is 0.533. The zero-order valence-electron chi connectivity index (χ0n) is 23.5. The van der Waals surface area contributed by atoms with E-state index in [4.69, 9.17) is 5.73 Å². The highest BCUT2D eigenvalue weighted by molar-refractivity contribution is 7.11. The summed E-state index contributed by atoms with van der Waals surface area (Å²) in [6.45, 7) is 22.5. The molecule has 0 unspecified atom stereocenters. The highest BCUT2D eigenvalue weighted by Crippen LogP contribution is 2.09. The number of nitrogens with two attached hydrogens (primary N) is 1. The molecule has 0 bridgehead atoms. The molecule has 1 aromatic heterocycles. The van der Waals surface area contributed by atoms with E-state index in [9.17, 15) is 4.79 Å². The number of thiophene rings is 1. The van der Waals surface area contributed by atoms with Crippen LogP contribution in [0.2, 0.25) is 0 Å². The maximum atomic E-state index is 9.88. The van der Waals surface area contributed by atoms with Crippen LogP contribution in [0.1, 0.15) is 90.2 Å². The zero-order valence-corrected chi connectivity index (χ0v) is 24.3. The first-order chi connectivity index (χ1) is 16.7. The van der Waals surface area contributed by atoms with Crippen LogP contribution in [0.4, 0.5) is 0 Å². The average Bonchev–Trinajstić information content (AvgIpc) is 3.23. The number of allylic oxidation sites excluding steroid dienone is 7. The lowest BCUT2D eigenvalue weighted by atomic mass is 10.1. The highest BCUT2D eigenvalue weighted by Gasteiger charge is 2.07. The van der Waals surface area contributed by atoms with Gasteiger partial charge in [0.2, 0.25) is 0 Å². The van der Waals surface area contributed by atoms with Gasteiger partial charge in [-0.05, 0) is 92.3 Å². The second-order valence-corrected chi connectivity index (χ2v) is 9.74.